The maximum Gasteiger partial charge on any atom is 0.327 e. The van der Waals surface area contributed by atoms with Crippen molar-refractivity contribution in [3.8, 4) is 0 Å². The molecule has 0 spiro atoms. The minimum Gasteiger partial charge on any atom is -0.292 e. The molecule has 0 atom stereocenters. The van der Waals surface area contributed by atoms with E-state index in [4.69, 9.17) is 0 Å². The van der Waals surface area contributed by atoms with Crippen molar-refractivity contribution in [1.29, 1.82) is 0 Å². The summed E-state index contributed by atoms with van der Waals surface area (Å²) in [5.74, 6) is 0. The topological polar surface area (TPSA) is 83.5 Å². The molecule has 3 rings (SSSR count). The Labute approximate surface area is 96.7 Å². The summed E-state index contributed by atoms with van der Waals surface area (Å²) in [6.45, 7) is 1.96. The van der Waals surface area contributed by atoms with E-state index in [1.807, 2.05) is 11.6 Å². The molecule has 1 saturated carbocycles. The van der Waals surface area contributed by atoms with E-state index in [-0.39, 0.29) is 5.56 Å². The second-order valence-corrected chi connectivity index (χ2v) is 4.46. The third-order valence-electron chi connectivity index (χ3n) is 3.42. The molecule has 2 aromatic rings. The molecule has 6 heteroatoms. The van der Waals surface area contributed by atoms with Gasteiger partial charge in [-0.15, -0.1) is 0 Å². The van der Waals surface area contributed by atoms with Gasteiger partial charge >= 0.3 is 5.69 Å². The predicted octanol–water partition coefficient (Wildman–Crippen LogP) is 0.700. The van der Waals surface area contributed by atoms with Crippen LogP contribution in [0.1, 0.15) is 37.9 Å². The number of aromatic nitrogens is 4. The number of H-pyrrole nitrogens is 2. The minimum absolute atomic E-state index is 0.329. The Hall–Kier alpha value is -1.85. The van der Waals surface area contributed by atoms with Gasteiger partial charge in [-0.05, 0) is 25.7 Å². The molecule has 0 aliphatic heterocycles. The highest BCUT2D eigenvalue weighted by Gasteiger charge is 2.24. The van der Waals surface area contributed by atoms with Crippen molar-refractivity contribution in [2.75, 3.05) is 0 Å². The van der Waals surface area contributed by atoms with Gasteiger partial charge in [-0.2, -0.15) is 5.10 Å². The fourth-order valence-corrected chi connectivity index (χ4v) is 2.29. The Bertz CT molecular complexity index is 675. The number of aryl methyl sites for hydroxylation is 1. The fraction of sp³-hybridized carbons (Fsp3) is 0.545. The maximum atomic E-state index is 11.8. The molecule has 0 radical (unpaired) electrons. The van der Waals surface area contributed by atoms with Crippen LogP contribution >= 0.6 is 0 Å². The minimum atomic E-state index is -0.467. The molecule has 0 amide bonds. The molecule has 2 heterocycles. The lowest BCUT2D eigenvalue weighted by Crippen LogP contribution is -2.24. The van der Waals surface area contributed by atoms with Gasteiger partial charge in [0.25, 0.3) is 5.56 Å². The molecule has 1 aliphatic carbocycles. The van der Waals surface area contributed by atoms with Crippen LogP contribution in [0.4, 0.5) is 0 Å². The van der Waals surface area contributed by atoms with Crippen molar-refractivity contribution >= 4 is 11.0 Å². The molecule has 2 N–H and O–H groups in total. The Morgan fingerprint density at radius 3 is 2.71 bits per heavy atom. The number of rotatable bonds is 2. The van der Waals surface area contributed by atoms with E-state index in [0.29, 0.717) is 23.5 Å². The van der Waals surface area contributed by atoms with E-state index >= 15 is 0 Å². The molecular weight excluding hydrogens is 220 g/mol. The zero-order valence-electron chi connectivity index (χ0n) is 9.62. The van der Waals surface area contributed by atoms with Crippen molar-refractivity contribution < 1.29 is 0 Å². The van der Waals surface area contributed by atoms with Crippen LogP contribution in [0, 0.1) is 0 Å². The smallest absolute Gasteiger partial charge is 0.292 e. The van der Waals surface area contributed by atoms with E-state index < -0.39 is 5.69 Å². The van der Waals surface area contributed by atoms with Gasteiger partial charge in [0.1, 0.15) is 11.0 Å². The number of hydrogen-bond donors (Lipinski definition) is 2. The third kappa shape index (κ3) is 1.44. The summed E-state index contributed by atoms with van der Waals surface area (Å²) in [6.07, 6.45) is 4.00. The average molecular weight is 234 g/mol. The van der Waals surface area contributed by atoms with Gasteiger partial charge in [-0.25, -0.2) is 9.48 Å². The lowest BCUT2D eigenvalue weighted by atomic mass is 9.93. The number of nitrogens with one attached hydrogen (secondary N) is 2. The summed E-state index contributed by atoms with van der Waals surface area (Å²) in [7, 11) is 0. The summed E-state index contributed by atoms with van der Waals surface area (Å²) in [6, 6.07) is 0.329. The molecule has 1 aliphatic rings. The van der Waals surface area contributed by atoms with Crippen molar-refractivity contribution in [3.63, 3.8) is 0 Å². The Morgan fingerprint density at radius 2 is 2.12 bits per heavy atom. The SMILES string of the molecule is CCc1nn(C2CCC2)c2[nH]c(=O)[nH]c(=O)c12. The zero-order valence-corrected chi connectivity index (χ0v) is 9.62. The molecular formula is C11H14N4O2. The van der Waals surface area contributed by atoms with E-state index in [2.05, 4.69) is 15.1 Å². The molecule has 0 unspecified atom stereocenters. The summed E-state index contributed by atoms with van der Waals surface area (Å²) < 4.78 is 1.81. The summed E-state index contributed by atoms with van der Waals surface area (Å²) in [5.41, 5.74) is 0.515. The lowest BCUT2D eigenvalue weighted by molar-refractivity contribution is 0.294. The number of fused-ring (bicyclic) bond motifs is 1. The molecule has 2 aromatic heterocycles. The van der Waals surface area contributed by atoms with Crippen LogP contribution in [0.5, 0.6) is 0 Å². The van der Waals surface area contributed by atoms with Gasteiger partial charge in [0.2, 0.25) is 0 Å². The summed E-state index contributed by atoms with van der Waals surface area (Å²) in [5, 5.41) is 4.99. The van der Waals surface area contributed by atoms with Crippen LogP contribution in [0.25, 0.3) is 11.0 Å². The van der Waals surface area contributed by atoms with Crippen molar-refractivity contribution in [2.45, 2.75) is 38.6 Å². The van der Waals surface area contributed by atoms with Crippen LogP contribution in [0.15, 0.2) is 9.59 Å². The van der Waals surface area contributed by atoms with Crippen LogP contribution < -0.4 is 11.2 Å². The highest BCUT2D eigenvalue weighted by molar-refractivity contribution is 5.77. The molecule has 0 aromatic carbocycles. The van der Waals surface area contributed by atoms with Crippen LogP contribution in [0.3, 0.4) is 0 Å². The van der Waals surface area contributed by atoms with Gasteiger partial charge < -0.3 is 0 Å². The zero-order chi connectivity index (χ0) is 12.0. The largest absolute Gasteiger partial charge is 0.327 e. The fourth-order valence-electron chi connectivity index (χ4n) is 2.29. The molecule has 0 bridgehead atoms. The molecule has 6 nitrogen and oxygen atoms in total. The highest BCUT2D eigenvalue weighted by Crippen LogP contribution is 2.33. The van der Waals surface area contributed by atoms with E-state index in [1.165, 1.54) is 6.42 Å². The van der Waals surface area contributed by atoms with E-state index in [1.54, 1.807) is 0 Å². The molecule has 1 fully saturated rings. The van der Waals surface area contributed by atoms with Gasteiger partial charge in [0.15, 0.2) is 0 Å². The van der Waals surface area contributed by atoms with Crippen molar-refractivity contribution in [2.24, 2.45) is 0 Å². The number of nitrogens with zero attached hydrogens (tertiary/aromatic N) is 2. The average Bonchev–Trinajstić information content (AvgIpc) is 2.55. The summed E-state index contributed by atoms with van der Waals surface area (Å²) >= 11 is 0. The first-order chi connectivity index (χ1) is 8.20. The first-order valence-electron chi connectivity index (χ1n) is 5.94. The van der Waals surface area contributed by atoms with Crippen molar-refractivity contribution in [3.05, 3.63) is 26.5 Å². The maximum absolute atomic E-state index is 11.8. The number of aromatic amines is 2. The van der Waals surface area contributed by atoms with Crippen LogP contribution in [0.2, 0.25) is 0 Å². The van der Waals surface area contributed by atoms with Gasteiger partial charge in [-0.1, -0.05) is 6.92 Å². The molecule has 17 heavy (non-hydrogen) atoms. The normalized spacial score (nSPS) is 16.3. The van der Waals surface area contributed by atoms with Crippen LogP contribution in [-0.2, 0) is 6.42 Å². The molecule has 0 saturated heterocycles. The predicted molar refractivity (Wildman–Crippen MR) is 63.2 cm³/mol. The Morgan fingerprint density at radius 1 is 1.35 bits per heavy atom. The Kier molecular flexibility index (Phi) is 2.17. The van der Waals surface area contributed by atoms with Crippen molar-refractivity contribution in [1.82, 2.24) is 19.7 Å². The number of hydrogen-bond acceptors (Lipinski definition) is 3. The third-order valence-corrected chi connectivity index (χ3v) is 3.42. The first-order valence-corrected chi connectivity index (χ1v) is 5.94. The summed E-state index contributed by atoms with van der Waals surface area (Å²) in [4.78, 5) is 28.1. The monoisotopic (exact) mass is 234 g/mol. The Balaban J connectivity index is 2.36. The van der Waals surface area contributed by atoms with Gasteiger partial charge in [0, 0.05) is 0 Å². The van der Waals surface area contributed by atoms with Crippen LogP contribution in [-0.4, -0.2) is 19.7 Å². The van der Waals surface area contributed by atoms with Gasteiger partial charge in [0.05, 0.1) is 11.7 Å². The second kappa shape index (κ2) is 3.58. The highest BCUT2D eigenvalue weighted by atomic mass is 16.2. The second-order valence-electron chi connectivity index (χ2n) is 4.46. The first kappa shape index (κ1) is 10.3. The lowest BCUT2D eigenvalue weighted by Gasteiger charge is -2.25. The quantitative estimate of drug-likeness (QED) is 0.802. The standard InChI is InChI=1S/C11H14N4O2/c1-2-7-8-9(12-11(17)13-10(8)16)15(14-7)6-4-3-5-6/h6H,2-5H2,1H3,(H2,12,13,16,17). The molecule has 90 valence electrons. The van der Waals surface area contributed by atoms with Gasteiger partial charge in [-0.3, -0.25) is 14.8 Å². The van der Waals surface area contributed by atoms with E-state index in [0.717, 1.165) is 18.5 Å². The van der Waals surface area contributed by atoms with E-state index in [9.17, 15) is 9.59 Å².